The Labute approximate surface area is 133 Å². The van der Waals surface area contributed by atoms with Crippen LogP contribution in [-0.2, 0) is 11.3 Å². The van der Waals surface area contributed by atoms with Crippen molar-refractivity contribution in [1.29, 1.82) is 5.26 Å². The molecule has 0 aliphatic carbocycles. The van der Waals surface area contributed by atoms with E-state index < -0.39 is 5.91 Å². The summed E-state index contributed by atoms with van der Waals surface area (Å²) in [4.78, 5) is 12.1. The number of nitrogens with one attached hydrogen (secondary N) is 1. The number of benzene rings is 1. The summed E-state index contributed by atoms with van der Waals surface area (Å²) >= 11 is 0. The minimum absolute atomic E-state index is 0.0104. The van der Waals surface area contributed by atoms with E-state index in [9.17, 15) is 10.1 Å². The molecule has 118 valence electrons. The number of hydrogen-bond acceptors (Lipinski definition) is 5. The normalized spacial score (nSPS) is 10.7. The van der Waals surface area contributed by atoms with Crippen molar-refractivity contribution in [1.82, 2.24) is 5.32 Å². The Morgan fingerprint density at radius 2 is 2.09 bits per heavy atom. The molecule has 6 heteroatoms. The summed E-state index contributed by atoms with van der Waals surface area (Å²) in [7, 11) is 3.06. The topological polar surface area (TPSA) is 84.5 Å². The Balaban J connectivity index is 2.14. The molecule has 1 N–H and O–H groups in total. The summed E-state index contributed by atoms with van der Waals surface area (Å²) in [5.74, 6) is 1.24. The number of nitrogens with zero attached hydrogens (tertiary/aromatic N) is 1. The molecule has 0 radical (unpaired) electrons. The number of carbonyl (C=O) groups excluding carboxylic acids is 1. The monoisotopic (exact) mass is 312 g/mol. The lowest BCUT2D eigenvalue weighted by molar-refractivity contribution is -0.117. The van der Waals surface area contributed by atoms with Crippen LogP contribution in [0.5, 0.6) is 11.5 Å². The first kappa shape index (κ1) is 16.2. The summed E-state index contributed by atoms with van der Waals surface area (Å²) < 4.78 is 15.5. The predicted octanol–water partition coefficient (Wildman–Crippen LogP) is 2.52. The third-order valence-electron chi connectivity index (χ3n) is 3.09. The van der Waals surface area contributed by atoms with Gasteiger partial charge in [-0.05, 0) is 35.9 Å². The van der Waals surface area contributed by atoms with Crippen LogP contribution in [0.3, 0.4) is 0 Å². The van der Waals surface area contributed by atoms with E-state index in [2.05, 4.69) is 5.32 Å². The highest BCUT2D eigenvalue weighted by Gasteiger charge is 2.10. The summed E-state index contributed by atoms with van der Waals surface area (Å²) in [6, 6.07) is 10.5. The lowest BCUT2D eigenvalue weighted by Crippen LogP contribution is -2.23. The fourth-order valence-electron chi connectivity index (χ4n) is 1.93. The smallest absolute Gasteiger partial charge is 0.262 e. The summed E-state index contributed by atoms with van der Waals surface area (Å²) in [6.07, 6.45) is 3.01. The van der Waals surface area contributed by atoms with Gasteiger partial charge in [-0.25, -0.2) is 0 Å². The summed E-state index contributed by atoms with van der Waals surface area (Å²) in [6.45, 7) is 0.219. The second-order valence-corrected chi connectivity index (χ2v) is 4.55. The lowest BCUT2D eigenvalue weighted by Gasteiger charge is -2.08. The van der Waals surface area contributed by atoms with E-state index in [1.165, 1.54) is 26.6 Å². The maximum absolute atomic E-state index is 12.1. The third kappa shape index (κ3) is 4.14. The van der Waals surface area contributed by atoms with Gasteiger partial charge in [0.25, 0.3) is 5.91 Å². The molecule has 1 heterocycles. The van der Waals surface area contributed by atoms with E-state index >= 15 is 0 Å². The molecule has 1 aromatic carbocycles. The van der Waals surface area contributed by atoms with E-state index in [1.807, 2.05) is 6.07 Å². The zero-order chi connectivity index (χ0) is 16.7. The largest absolute Gasteiger partial charge is 0.493 e. The molecule has 2 rings (SSSR count). The Bertz CT molecular complexity index is 742. The first-order valence-electron chi connectivity index (χ1n) is 6.82. The highest BCUT2D eigenvalue weighted by Crippen LogP contribution is 2.28. The van der Waals surface area contributed by atoms with Crippen LogP contribution in [0.4, 0.5) is 0 Å². The van der Waals surface area contributed by atoms with Gasteiger partial charge >= 0.3 is 0 Å². The van der Waals surface area contributed by atoms with Crippen LogP contribution in [-0.4, -0.2) is 20.1 Å². The van der Waals surface area contributed by atoms with Crippen molar-refractivity contribution < 1.29 is 18.7 Å². The maximum Gasteiger partial charge on any atom is 0.262 e. The molecule has 0 bridgehead atoms. The zero-order valence-electron chi connectivity index (χ0n) is 12.8. The molecule has 0 aliphatic heterocycles. The molecule has 0 saturated carbocycles. The van der Waals surface area contributed by atoms with Crippen molar-refractivity contribution in [2.75, 3.05) is 14.2 Å². The molecule has 0 spiro atoms. The number of carbonyl (C=O) groups is 1. The SMILES string of the molecule is COc1ccc(/C=C(/C#N)C(=O)NCc2ccco2)cc1OC. The van der Waals surface area contributed by atoms with E-state index in [0.717, 1.165) is 0 Å². The first-order valence-corrected chi connectivity index (χ1v) is 6.82. The molecule has 0 aliphatic rings. The van der Waals surface area contributed by atoms with Crippen LogP contribution in [0.15, 0.2) is 46.6 Å². The first-order chi connectivity index (χ1) is 11.2. The number of methoxy groups -OCH3 is 2. The van der Waals surface area contributed by atoms with Gasteiger partial charge in [0, 0.05) is 0 Å². The van der Waals surface area contributed by atoms with Gasteiger partial charge < -0.3 is 19.2 Å². The summed E-state index contributed by atoms with van der Waals surface area (Å²) in [5.41, 5.74) is 0.649. The Kier molecular flexibility index (Phi) is 5.42. The fraction of sp³-hybridized carbons (Fsp3) is 0.176. The van der Waals surface area contributed by atoms with Gasteiger partial charge in [0.1, 0.15) is 17.4 Å². The molecule has 0 fully saturated rings. The van der Waals surface area contributed by atoms with Gasteiger partial charge in [0.05, 0.1) is 27.0 Å². The van der Waals surface area contributed by atoms with Crippen LogP contribution < -0.4 is 14.8 Å². The molecule has 2 aromatic rings. The van der Waals surface area contributed by atoms with Crippen molar-refractivity contribution in [3.63, 3.8) is 0 Å². The average molecular weight is 312 g/mol. The molecule has 0 saturated heterocycles. The van der Waals surface area contributed by atoms with Crippen LogP contribution in [0.1, 0.15) is 11.3 Å². The number of furan rings is 1. The molecule has 0 atom stereocenters. The molecular weight excluding hydrogens is 296 g/mol. The maximum atomic E-state index is 12.1. The minimum Gasteiger partial charge on any atom is -0.493 e. The van der Waals surface area contributed by atoms with Gasteiger partial charge in [-0.2, -0.15) is 5.26 Å². The van der Waals surface area contributed by atoms with Gasteiger partial charge in [0.15, 0.2) is 11.5 Å². The van der Waals surface area contributed by atoms with Crippen molar-refractivity contribution in [2.24, 2.45) is 0 Å². The number of rotatable bonds is 6. The van der Waals surface area contributed by atoms with Crippen LogP contribution >= 0.6 is 0 Å². The molecule has 0 unspecified atom stereocenters. The second-order valence-electron chi connectivity index (χ2n) is 4.55. The average Bonchev–Trinajstić information content (AvgIpc) is 3.10. The van der Waals surface area contributed by atoms with E-state index in [0.29, 0.717) is 22.8 Å². The highest BCUT2D eigenvalue weighted by atomic mass is 16.5. The van der Waals surface area contributed by atoms with Crippen molar-refractivity contribution >= 4 is 12.0 Å². The van der Waals surface area contributed by atoms with E-state index in [-0.39, 0.29) is 12.1 Å². The number of ether oxygens (including phenoxy) is 2. The van der Waals surface area contributed by atoms with Gasteiger partial charge in [-0.3, -0.25) is 4.79 Å². The second kappa shape index (κ2) is 7.71. The number of hydrogen-bond donors (Lipinski definition) is 1. The van der Waals surface area contributed by atoms with Gasteiger partial charge in [-0.15, -0.1) is 0 Å². The number of nitriles is 1. The Morgan fingerprint density at radius 3 is 2.70 bits per heavy atom. The lowest BCUT2D eigenvalue weighted by atomic mass is 10.1. The minimum atomic E-state index is -0.473. The predicted molar refractivity (Wildman–Crippen MR) is 83.7 cm³/mol. The molecular formula is C17H16N2O4. The zero-order valence-corrected chi connectivity index (χ0v) is 12.8. The quantitative estimate of drug-likeness (QED) is 0.654. The molecule has 1 amide bonds. The standard InChI is InChI=1S/C17H16N2O4/c1-21-15-6-5-12(9-16(15)22-2)8-13(10-18)17(20)19-11-14-4-3-7-23-14/h3-9H,11H2,1-2H3,(H,19,20)/b13-8-. The van der Waals surface area contributed by atoms with Gasteiger partial charge in [0.2, 0.25) is 0 Å². The third-order valence-corrected chi connectivity index (χ3v) is 3.09. The van der Waals surface area contributed by atoms with Crippen molar-refractivity contribution in [3.8, 4) is 17.6 Å². The van der Waals surface area contributed by atoms with Crippen LogP contribution in [0.25, 0.3) is 6.08 Å². The number of amides is 1. The molecule has 1 aromatic heterocycles. The fourth-order valence-corrected chi connectivity index (χ4v) is 1.93. The highest BCUT2D eigenvalue weighted by molar-refractivity contribution is 6.01. The Morgan fingerprint density at radius 1 is 1.30 bits per heavy atom. The van der Waals surface area contributed by atoms with Gasteiger partial charge in [-0.1, -0.05) is 6.07 Å². The van der Waals surface area contributed by atoms with E-state index in [4.69, 9.17) is 13.9 Å². The van der Waals surface area contributed by atoms with Crippen LogP contribution in [0, 0.1) is 11.3 Å². The Hall–Kier alpha value is -3.20. The summed E-state index contributed by atoms with van der Waals surface area (Å²) in [5, 5.41) is 11.8. The molecule has 23 heavy (non-hydrogen) atoms. The van der Waals surface area contributed by atoms with E-state index in [1.54, 1.807) is 30.3 Å². The van der Waals surface area contributed by atoms with Crippen LogP contribution in [0.2, 0.25) is 0 Å². The molecule has 6 nitrogen and oxygen atoms in total. The van der Waals surface area contributed by atoms with Crippen molar-refractivity contribution in [2.45, 2.75) is 6.54 Å². The van der Waals surface area contributed by atoms with Crippen molar-refractivity contribution in [3.05, 3.63) is 53.5 Å².